The molecule has 0 fully saturated rings. The molecular weight excluding hydrogens is 702 g/mol. The second-order valence-electron chi connectivity index (χ2n) is 13.9. The van der Waals surface area contributed by atoms with Crippen molar-refractivity contribution in [2.75, 3.05) is 0 Å². The molecule has 0 aliphatic heterocycles. The molecular formula is C38H53N5O11. The first-order valence-corrected chi connectivity index (χ1v) is 17.8. The van der Waals surface area contributed by atoms with Gasteiger partial charge >= 0.3 is 11.9 Å². The van der Waals surface area contributed by atoms with Gasteiger partial charge in [0, 0.05) is 12.8 Å². The highest BCUT2D eigenvalue weighted by Crippen LogP contribution is 2.16. The van der Waals surface area contributed by atoms with E-state index in [4.69, 9.17) is 0 Å². The van der Waals surface area contributed by atoms with E-state index in [2.05, 4.69) is 26.6 Å². The van der Waals surface area contributed by atoms with Crippen LogP contribution in [0.15, 0.2) is 60.7 Å². The van der Waals surface area contributed by atoms with E-state index in [1.165, 1.54) is 6.92 Å². The number of nitrogens with one attached hydrogen (secondary N) is 5. The van der Waals surface area contributed by atoms with Crippen molar-refractivity contribution in [3.63, 3.8) is 0 Å². The van der Waals surface area contributed by atoms with Crippen LogP contribution in [0.2, 0.25) is 0 Å². The van der Waals surface area contributed by atoms with Gasteiger partial charge in [0.2, 0.25) is 23.6 Å². The van der Waals surface area contributed by atoms with E-state index in [1.807, 2.05) is 13.8 Å². The Balaban J connectivity index is 2.07. The average Bonchev–Trinajstić information content (AvgIpc) is 3.11. The highest BCUT2D eigenvalue weighted by molar-refractivity contribution is 5.95. The topological polar surface area (TPSA) is 261 Å². The van der Waals surface area contributed by atoms with Crippen molar-refractivity contribution >= 4 is 41.5 Å². The summed E-state index contributed by atoms with van der Waals surface area (Å²) < 4.78 is 0. The summed E-state index contributed by atoms with van der Waals surface area (Å²) in [6.45, 7) is 8.30. The van der Waals surface area contributed by atoms with Gasteiger partial charge in [-0.2, -0.15) is 0 Å². The molecule has 0 spiro atoms. The maximum atomic E-state index is 13.3. The third-order valence-electron chi connectivity index (χ3n) is 8.47. The van der Waals surface area contributed by atoms with Crippen molar-refractivity contribution in [2.45, 2.75) is 109 Å². The predicted molar refractivity (Wildman–Crippen MR) is 196 cm³/mol. The van der Waals surface area contributed by atoms with Gasteiger partial charge in [-0.15, -0.1) is 0 Å². The SMILES string of the molecule is CC(C)CC(NC(=O)[C@@H](O)c1ccccc1)[C@@H](O)CC(=O)N[C@@H](C(=O)N[C@H](C)C(=O)N[C@H](CCC(=O)O)C(=O)N[C@H](Cc1ccccc1)C(=O)O)C(C)C. The third-order valence-corrected chi connectivity index (χ3v) is 8.47. The van der Waals surface area contributed by atoms with Gasteiger partial charge < -0.3 is 47.0 Å². The Bertz CT molecular complexity index is 1570. The lowest BCUT2D eigenvalue weighted by Gasteiger charge is -2.28. The van der Waals surface area contributed by atoms with Gasteiger partial charge in [-0.05, 0) is 42.7 Å². The lowest BCUT2D eigenvalue weighted by molar-refractivity contribution is -0.143. The third kappa shape index (κ3) is 15.3. The number of carboxylic acids is 2. The largest absolute Gasteiger partial charge is 0.481 e. The molecule has 0 aliphatic rings. The summed E-state index contributed by atoms with van der Waals surface area (Å²) in [5.41, 5.74) is 0.971. The molecule has 0 bridgehead atoms. The highest BCUT2D eigenvalue weighted by Gasteiger charge is 2.33. The summed E-state index contributed by atoms with van der Waals surface area (Å²) in [6.07, 6.45) is -4.09. The second-order valence-corrected chi connectivity index (χ2v) is 13.9. The van der Waals surface area contributed by atoms with Gasteiger partial charge in [0.1, 0.15) is 24.2 Å². The fraction of sp³-hybridized carbons (Fsp3) is 0.500. The first kappa shape index (κ1) is 44.8. The summed E-state index contributed by atoms with van der Waals surface area (Å²) in [5, 5.41) is 52.8. The van der Waals surface area contributed by atoms with E-state index in [9.17, 15) is 54.0 Å². The van der Waals surface area contributed by atoms with Gasteiger partial charge in [-0.1, -0.05) is 88.4 Å². The molecule has 1 unspecified atom stereocenters. The van der Waals surface area contributed by atoms with Crippen molar-refractivity contribution in [2.24, 2.45) is 11.8 Å². The molecule has 9 N–H and O–H groups in total. The number of carbonyl (C=O) groups excluding carboxylic acids is 5. The number of rotatable bonds is 22. The molecule has 2 aromatic rings. The zero-order valence-corrected chi connectivity index (χ0v) is 31.2. The van der Waals surface area contributed by atoms with Gasteiger partial charge in [0.15, 0.2) is 6.10 Å². The lowest BCUT2D eigenvalue weighted by Crippen LogP contribution is -2.58. The number of benzene rings is 2. The first-order valence-electron chi connectivity index (χ1n) is 17.8. The van der Waals surface area contributed by atoms with Crippen molar-refractivity contribution in [3.05, 3.63) is 71.8 Å². The smallest absolute Gasteiger partial charge is 0.326 e. The molecule has 0 radical (unpaired) electrons. The minimum atomic E-state index is -1.50. The number of carbonyl (C=O) groups is 7. The van der Waals surface area contributed by atoms with Crippen LogP contribution in [0, 0.1) is 11.8 Å². The van der Waals surface area contributed by atoms with E-state index in [1.54, 1.807) is 74.5 Å². The zero-order chi connectivity index (χ0) is 40.5. The molecule has 16 heteroatoms. The molecule has 2 rings (SSSR count). The zero-order valence-electron chi connectivity index (χ0n) is 31.2. The second kappa shape index (κ2) is 22.0. The quantitative estimate of drug-likeness (QED) is 0.0812. The summed E-state index contributed by atoms with van der Waals surface area (Å²) in [4.78, 5) is 88.7. The van der Waals surface area contributed by atoms with E-state index in [0.29, 0.717) is 11.1 Å². The number of aliphatic hydroxyl groups excluding tert-OH is 2. The lowest BCUT2D eigenvalue weighted by atomic mass is 9.96. The van der Waals surface area contributed by atoms with Crippen LogP contribution in [0.4, 0.5) is 0 Å². The van der Waals surface area contributed by atoms with Crippen LogP contribution in [0.25, 0.3) is 0 Å². The van der Waals surface area contributed by atoms with Crippen molar-refractivity contribution in [3.8, 4) is 0 Å². The molecule has 0 aromatic heterocycles. The normalized spacial score (nSPS) is 15.1. The maximum absolute atomic E-state index is 13.3. The van der Waals surface area contributed by atoms with Gasteiger partial charge in [0.25, 0.3) is 5.91 Å². The fourth-order valence-electron chi connectivity index (χ4n) is 5.49. The van der Waals surface area contributed by atoms with Crippen molar-refractivity contribution in [1.29, 1.82) is 0 Å². The molecule has 54 heavy (non-hydrogen) atoms. The Hall–Kier alpha value is -5.35. The number of amides is 5. The highest BCUT2D eigenvalue weighted by atomic mass is 16.4. The summed E-state index contributed by atoms with van der Waals surface area (Å²) in [6, 6.07) is 10.5. The van der Waals surface area contributed by atoms with Gasteiger partial charge in [0.05, 0.1) is 18.6 Å². The van der Waals surface area contributed by atoms with E-state index in [-0.39, 0.29) is 25.2 Å². The monoisotopic (exact) mass is 755 g/mol. The number of hydrogen-bond donors (Lipinski definition) is 9. The number of aliphatic hydroxyl groups is 2. The Morgan fingerprint density at radius 3 is 1.76 bits per heavy atom. The molecule has 2 aromatic carbocycles. The van der Waals surface area contributed by atoms with E-state index < -0.39 is 103 Å². The molecule has 296 valence electrons. The van der Waals surface area contributed by atoms with E-state index in [0.717, 1.165) is 0 Å². The summed E-state index contributed by atoms with van der Waals surface area (Å²) in [7, 11) is 0. The summed E-state index contributed by atoms with van der Waals surface area (Å²) in [5.74, 6) is -7.17. The first-order chi connectivity index (χ1) is 25.4. The van der Waals surface area contributed by atoms with Gasteiger partial charge in [-0.25, -0.2) is 4.79 Å². The molecule has 0 heterocycles. The number of hydrogen-bond acceptors (Lipinski definition) is 9. The predicted octanol–water partition coefficient (Wildman–Crippen LogP) is 0.809. The molecule has 0 aliphatic carbocycles. The maximum Gasteiger partial charge on any atom is 0.326 e. The van der Waals surface area contributed by atoms with Crippen LogP contribution >= 0.6 is 0 Å². The molecule has 0 saturated heterocycles. The van der Waals surface area contributed by atoms with E-state index >= 15 is 0 Å². The van der Waals surface area contributed by atoms with Gasteiger partial charge in [-0.3, -0.25) is 28.8 Å². The molecule has 16 nitrogen and oxygen atoms in total. The standard InChI is InChI=1S/C38H53N5O11/c1-21(2)18-27(41-37(52)33(48)25-14-10-7-11-15-25)29(44)20-30(45)43-32(22(3)4)36(51)39-23(5)34(49)40-26(16-17-31(46)47)35(50)42-28(38(53)54)19-24-12-8-6-9-13-24/h6-15,21-23,26-29,32-33,44,48H,16-20H2,1-5H3,(H,39,51)(H,40,49)(H,41,52)(H,42,50)(H,43,45)(H,46,47)(H,53,54)/t23-,26-,27?,28-,29+,32-,33+/m1/s1. The molecule has 7 atom stereocenters. The van der Waals surface area contributed by atoms with Crippen molar-refractivity contribution < 1.29 is 54.0 Å². The van der Waals surface area contributed by atoms with Crippen LogP contribution in [0.1, 0.15) is 77.5 Å². The van der Waals surface area contributed by atoms with Crippen LogP contribution < -0.4 is 26.6 Å². The minimum absolute atomic E-state index is 0.00797. The summed E-state index contributed by atoms with van der Waals surface area (Å²) >= 11 is 0. The molecule has 5 amide bonds. The van der Waals surface area contributed by atoms with Crippen LogP contribution in [-0.2, 0) is 40.0 Å². The fourth-order valence-corrected chi connectivity index (χ4v) is 5.49. The Morgan fingerprint density at radius 2 is 1.22 bits per heavy atom. The van der Waals surface area contributed by atoms with Crippen LogP contribution in [0.3, 0.4) is 0 Å². The number of carboxylic acid groups (broad SMARTS) is 2. The Morgan fingerprint density at radius 1 is 0.648 bits per heavy atom. The number of aliphatic carboxylic acids is 2. The van der Waals surface area contributed by atoms with Crippen molar-refractivity contribution in [1.82, 2.24) is 26.6 Å². The minimum Gasteiger partial charge on any atom is -0.481 e. The van der Waals surface area contributed by atoms with Crippen LogP contribution in [-0.4, -0.2) is 98.2 Å². The van der Waals surface area contributed by atoms with Crippen LogP contribution in [0.5, 0.6) is 0 Å². The Kier molecular flexibility index (Phi) is 18.3. The molecule has 0 saturated carbocycles. The Labute approximate surface area is 314 Å². The average molecular weight is 756 g/mol.